The van der Waals surface area contributed by atoms with Crippen LogP contribution in [0.5, 0.6) is 11.5 Å². The molecule has 0 radical (unpaired) electrons. The molecular weight excluding hydrogens is 648 g/mol. The fourth-order valence-corrected chi connectivity index (χ4v) is 3.61. The third-order valence-electron chi connectivity index (χ3n) is 5.13. The van der Waals surface area contributed by atoms with Gasteiger partial charge in [-0.2, -0.15) is 28.1 Å². The number of halogens is 5. The molecule has 18 heteroatoms. The summed E-state index contributed by atoms with van der Waals surface area (Å²) >= 11 is 11.6. The van der Waals surface area contributed by atoms with Gasteiger partial charge in [0.1, 0.15) is 17.1 Å². The van der Waals surface area contributed by atoms with Gasteiger partial charge in [-0.3, -0.25) is 10.1 Å². The number of hydrogen-bond acceptors (Lipinski definition) is 12. The zero-order chi connectivity index (χ0) is 33.9. The molecule has 1 unspecified atom stereocenters. The Morgan fingerprint density at radius 1 is 1.02 bits per heavy atom. The zero-order valence-corrected chi connectivity index (χ0v) is 26.1. The highest BCUT2D eigenvalue weighted by Crippen LogP contribution is 2.37. The summed E-state index contributed by atoms with van der Waals surface area (Å²) in [6.45, 7) is 9.54. The van der Waals surface area contributed by atoms with E-state index in [1.54, 1.807) is 6.92 Å². The number of carbonyl (C=O) groups is 2. The summed E-state index contributed by atoms with van der Waals surface area (Å²) in [5.41, 5.74) is -2.17. The number of nitro groups is 1. The quantitative estimate of drug-likeness (QED) is 0.122. The van der Waals surface area contributed by atoms with Crippen molar-refractivity contribution < 1.29 is 41.9 Å². The van der Waals surface area contributed by atoms with E-state index in [1.165, 1.54) is 6.92 Å². The van der Waals surface area contributed by atoms with E-state index in [-0.39, 0.29) is 34.5 Å². The second kappa shape index (κ2) is 16.6. The lowest BCUT2D eigenvalue weighted by molar-refractivity contribution is -0.385. The van der Waals surface area contributed by atoms with E-state index < -0.39 is 46.0 Å². The Bertz CT molecular complexity index is 1510. The average molecular weight is 677 g/mol. The van der Waals surface area contributed by atoms with E-state index in [9.17, 15) is 32.9 Å². The SMILES string of the molecule is CCNc1nc(Cl)nc(NC(C)C)n1.CCOC(=O)C(C)OC(=O)c1cc(Oc2ccc(C(F)(F)F)cc2Cl)ccc1[N+](=O)[O-]. The Kier molecular flexibility index (Phi) is 13.5. The highest BCUT2D eigenvalue weighted by molar-refractivity contribution is 6.32. The number of esters is 2. The monoisotopic (exact) mass is 676 g/mol. The number of nitrogens with one attached hydrogen (secondary N) is 2. The van der Waals surface area contributed by atoms with E-state index in [0.717, 1.165) is 36.9 Å². The van der Waals surface area contributed by atoms with Crippen LogP contribution in [0, 0.1) is 10.1 Å². The molecule has 0 aliphatic carbocycles. The van der Waals surface area contributed by atoms with Crippen molar-refractivity contribution in [2.24, 2.45) is 0 Å². The fraction of sp³-hybridized carbons (Fsp3) is 0.370. The predicted molar refractivity (Wildman–Crippen MR) is 159 cm³/mol. The molecule has 0 aliphatic rings. The fourth-order valence-electron chi connectivity index (χ4n) is 3.23. The molecule has 0 saturated carbocycles. The molecule has 0 aliphatic heterocycles. The lowest BCUT2D eigenvalue weighted by Crippen LogP contribution is -2.26. The topological polar surface area (TPSA) is 168 Å². The summed E-state index contributed by atoms with van der Waals surface area (Å²) < 4.78 is 53.2. The van der Waals surface area contributed by atoms with Gasteiger partial charge in [0.05, 0.1) is 22.1 Å². The van der Waals surface area contributed by atoms with Gasteiger partial charge in [-0.05, 0) is 70.5 Å². The van der Waals surface area contributed by atoms with Crippen LogP contribution in [0.25, 0.3) is 0 Å². The molecule has 3 aromatic rings. The molecular formula is C27H29Cl2F3N6O7. The number of hydrogen-bond donors (Lipinski definition) is 2. The number of alkyl halides is 3. The number of nitro benzene ring substituents is 1. The second-order valence-electron chi connectivity index (χ2n) is 9.06. The van der Waals surface area contributed by atoms with E-state index in [2.05, 4.69) is 25.6 Å². The first kappa shape index (κ1) is 36.8. The summed E-state index contributed by atoms with van der Waals surface area (Å²) in [7, 11) is 0. The van der Waals surface area contributed by atoms with Crippen LogP contribution < -0.4 is 15.4 Å². The maximum atomic E-state index is 12.8. The summed E-state index contributed by atoms with van der Waals surface area (Å²) in [6.07, 6.45) is -5.94. The Morgan fingerprint density at radius 3 is 2.24 bits per heavy atom. The van der Waals surface area contributed by atoms with Gasteiger partial charge in [0.15, 0.2) is 6.10 Å². The Labute approximate surface area is 265 Å². The van der Waals surface area contributed by atoms with Gasteiger partial charge in [-0.1, -0.05) is 11.6 Å². The van der Waals surface area contributed by atoms with Crippen LogP contribution in [0.3, 0.4) is 0 Å². The van der Waals surface area contributed by atoms with Crippen LogP contribution in [0.2, 0.25) is 10.3 Å². The lowest BCUT2D eigenvalue weighted by Gasteiger charge is -2.13. The maximum absolute atomic E-state index is 12.8. The van der Waals surface area contributed by atoms with Crippen molar-refractivity contribution in [2.75, 3.05) is 23.8 Å². The van der Waals surface area contributed by atoms with Gasteiger partial charge in [0.25, 0.3) is 5.69 Å². The minimum absolute atomic E-state index is 0.0398. The summed E-state index contributed by atoms with van der Waals surface area (Å²) in [6, 6.07) is 5.64. The molecule has 13 nitrogen and oxygen atoms in total. The van der Waals surface area contributed by atoms with Crippen molar-refractivity contribution in [3.05, 3.63) is 67.9 Å². The van der Waals surface area contributed by atoms with Gasteiger partial charge in [0.2, 0.25) is 17.2 Å². The lowest BCUT2D eigenvalue weighted by atomic mass is 10.1. The number of benzene rings is 2. The molecule has 0 fully saturated rings. The van der Waals surface area contributed by atoms with Crippen molar-refractivity contribution in [1.29, 1.82) is 0 Å². The van der Waals surface area contributed by atoms with Crippen LogP contribution in [-0.4, -0.2) is 57.1 Å². The highest BCUT2D eigenvalue weighted by atomic mass is 35.5. The molecule has 0 spiro atoms. The normalized spacial score (nSPS) is 11.5. The Balaban J connectivity index is 0.000000420. The van der Waals surface area contributed by atoms with Crippen LogP contribution in [0.15, 0.2) is 36.4 Å². The average Bonchev–Trinajstić information content (AvgIpc) is 2.93. The number of anilines is 2. The van der Waals surface area contributed by atoms with Crippen LogP contribution >= 0.6 is 23.2 Å². The molecule has 3 rings (SSSR count). The first-order chi connectivity index (χ1) is 21.0. The zero-order valence-electron chi connectivity index (χ0n) is 24.6. The largest absolute Gasteiger partial charge is 0.463 e. The smallest absolute Gasteiger partial charge is 0.416 e. The van der Waals surface area contributed by atoms with E-state index in [1.807, 2.05) is 20.8 Å². The Hall–Kier alpha value is -4.44. The molecule has 0 amide bonds. The van der Waals surface area contributed by atoms with Crippen molar-refractivity contribution in [3.8, 4) is 11.5 Å². The van der Waals surface area contributed by atoms with Crippen molar-refractivity contribution in [3.63, 3.8) is 0 Å². The first-order valence-electron chi connectivity index (χ1n) is 13.2. The van der Waals surface area contributed by atoms with Crippen LogP contribution in [-0.2, 0) is 20.4 Å². The minimum Gasteiger partial charge on any atom is -0.463 e. The number of rotatable bonds is 11. The van der Waals surface area contributed by atoms with Gasteiger partial charge in [-0.15, -0.1) is 0 Å². The van der Waals surface area contributed by atoms with Crippen LogP contribution in [0.1, 0.15) is 50.5 Å². The summed E-state index contributed by atoms with van der Waals surface area (Å²) in [5.74, 6) is -1.36. The van der Waals surface area contributed by atoms with Crippen molar-refractivity contribution in [1.82, 2.24) is 15.0 Å². The molecule has 0 saturated heterocycles. The predicted octanol–water partition coefficient (Wildman–Crippen LogP) is 6.94. The number of nitrogens with zero attached hydrogens (tertiary/aromatic N) is 4. The van der Waals surface area contributed by atoms with Gasteiger partial charge >= 0.3 is 18.1 Å². The molecule has 244 valence electrons. The number of ether oxygens (including phenoxy) is 3. The summed E-state index contributed by atoms with van der Waals surface area (Å²) in [4.78, 5) is 46.4. The van der Waals surface area contributed by atoms with Crippen molar-refractivity contribution >= 4 is 52.7 Å². The maximum Gasteiger partial charge on any atom is 0.416 e. The molecule has 0 bridgehead atoms. The van der Waals surface area contributed by atoms with Crippen molar-refractivity contribution in [2.45, 2.75) is 52.9 Å². The first-order valence-corrected chi connectivity index (χ1v) is 13.9. The van der Waals surface area contributed by atoms with E-state index in [4.69, 9.17) is 37.4 Å². The third-order valence-corrected chi connectivity index (χ3v) is 5.60. The molecule has 45 heavy (non-hydrogen) atoms. The highest BCUT2D eigenvalue weighted by Gasteiger charge is 2.31. The summed E-state index contributed by atoms with van der Waals surface area (Å²) in [5, 5.41) is 17.1. The van der Waals surface area contributed by atoms with E-state index in [0.29, 0.717) is 18.0 Å². The third kappa shape index (κ3) is 11.5. The van der Waals surface area contributed by atoms with Gasteiger partial charge in [-0.25, -0.2) is 9.59 Å². The molecule has 2 aromatic carbocycles. The standard InChI is InChI=1S/C19H15ClF3NO7.C8H14ClN5/c1-3-29-17(25)10(2)30-18(26)13-9-12(5-6-15(13)24(27)28)31-16-7-4-11(8-14(16)20)19(21,22)23;1-4-10-7-12-6(9)13-8(14-7)11-5(2)3/h4-10H,3H2,1-2H3;5H,4H2,1-3H3,(H2,10,11,12,13,14). The second-order valence-corrected chi connectivity index (χ2v) is 9.81. The molecule has 2 N–H and O–H groups in total. The Morgan fingerprint density at radius 2 is 1.69 bits per heavy atom. The molecule has 1 heterocycles. The molecule has 1 aromatic heterocycles. The van der Waals surface area contributed by atoms with Crippen LogP contribution in [0.4, 0.5) is 30.8 Å². The molecule has 1 atom stereocenters. The number of carbonyl (C=O) groups excluding carboxylic acids is 2. The van der Waals surface area contributed by atoms with Gasteiger partial charge < -0.3 is 24.8 Å². The van der Waals surface area contributed by atoms with E-state index >= 15 is 0 Å². The van der Waals surface area contributed by atoms with Gasteiger partial charge in [0, 0.05) is 24.7 Å². The minimum atomic E-state index is -4.61. The number of aromatic nitrogens is 3.